The smallest absolute Gasteiger partial charge is 0.276 e. The Morgan fingerprint density at radius 1 is 0.806 bits per heavy atom. The summed E-state index contributed by atoms with van der Waals surface area (Å²) < 4.78 is 10.7. The molecule has 0 atom stereocenters. The Morgan fingerprint density at radius 3 is 1.90 bits per heavy atom. The Morgan fingerprint density at radius 2 is 1.35 bits per heavy atom. The van der Waals surface area contributed by atoms with E-state index in [2.05, 4.69) is 16.9 Å². The summed E-state index contributed by atoms with van der Waals surface area (Å²) in [6, 6.07) is 23.1. The quantitative estimate of drug-likeness (QED) is 0.553. The number of nitrogens with zero attached hydrogens (tertiary/aromatic N) is 1. The normalized spacial score (nSPS) is 9.94. The molecule has 0 saturated heterocycles. The van der Waals surface area contributed by atoms with E-state index >= 15 is 0 Å². The van der Waals surface area contributed by atoms with Crippen molar-refractivity contribution in [2.24, 2.45) is 0 Å². The topological polar surface area (TPSA) is 100 Å². The summed E-state index contributed by atoms with van der Waals surface area (Å²) in [6.45, 7) is -0.552. The molecule has 0 unspecified atom stereocenters. The van der Waals surface area contributed by atoms with Gasteiger partial charge in [-0.05, 0) is 53.6 Å². The average Bonchev–Trinajstić information content (AvgIpc) is 2.80. The van der Waals surface area contributed by atoms with Crippen molar-refractivity contribution in [3.05, 3.63) is 83.4 Å². The fourth-order valence-corrected chi connectivity index (χ4v) is 2.73. The van der Waals surface area contributed by atoms with Crippen LogP contribution < -0.4 is 20.3 Å². The number of rotatable bonds is 7. The summed E-state index contributed by atoms with van der Waals surface area (Å²) in [6.07, 6.45) is 0. The standard InChI is InChI=1S/C23H18ClN3O4/c24-19-2-1-3-21(12-19)31-15-23(29)27-26-22(28)14-30-20-10-8-18(9-11-20)17-6-4-16(13-25)5-7-17/h1-12H,14-15H2,(H,26,28)(H,27,29). The number of amides is 2. The Labute approximate surface area is 184 Å². The summed E-state index contributed by atoms with van der Waals surface area (Å²) in [5, 5.41) is 9.35. The van der Waals surface area contributed by atoms with E-state index in [1.807, 2.05) is 24.3 Å². The molecular formula is C23H18ClN3O4. The molecule has 0 heterocycles. The van der Waals surface area contributed by atoms with Crippen LogP contribution in [0.4, 0.5) is 0 Å². The van der Waals surface area contributed by atoms with Crippen molar-refractivity contribution in [1.29, 1.82) is 5.26 Å². The molecule has 156 valence electrons. The molecule has 2 N–H and O–H groups in total. The number of nitriles is 1. The Kier molecular flexibility index (Phi) is 7.46. The molecule has 0 aliphatic heterocycles. The van der Waals surface area contributed by atoms with E-state index in [0.717, 1.165) is 11.1 Å². The van der Waals surface area contributed by atoms with Gasteiger partial charge in [0.05, 0.1) is 11.6 Å². The van der Waals surface area contributed by atoms with E-state index in [9.17, 15) is 9.59 Å². The molecule has 3 rings (SSSR count). The number of halogens is 1. The lowest BCUT2D eigenvalue weighted by atomic mass is 10.0. The van der Waals surface area contributed by atoms with Gasteiger partial charge in [0.1, 0.15) is 11.5 Å². The van der Waals surface area contributed by atoms with Crippen LogP contribution in [0.15, 0.2) is 72.8 Å². The largest absolute Gasteiger partial charge is 0.484 e. The number of carbonyl (C=O) groups is 2. The third-order valence-electron chi connectivity index (χ3n) is 4.08. The maximum absolute atomic E-state index is 11.9. The first-order chi connectivity index (χ1) is 15.0. The van der Waals surface area contributed by atoms with Crippen molar-refractivity contribution in [3.8, 4) is 28.7 Å². The highest BCUT2D eigenvalue weighted by atomic mass is 35.5. The van der Waals surface area contributed by atoms with Gasteiger partial charge in [-0.2, -0.15) is 5.26 Å². The van der Waals surface area contributed by atoms with Gasteiger partial charge in [-0.1, -0.05) is 41.9 Å². The van der Waals surface area contributed by atoms with Gasteiger partial charge in [-0.3, -0.25) is 20.4 Å². The lowest BCUT2D eigenvalue weighted by Gasteiger charge is -2.10. The second-order valence-corrected chi connectivity index (χ2v) is 6.78. The summed E-state index contributed by atoms with van der Waals surface area (Å²) in [7, 11) is 0. The Bertz CT molecular complexity index is 1090. The molecule has 0 aromatic heterocycles. The van der Waals surface area contributed by atoms with Crippen LogP contribution in [0.1, 0.15) is 5.56 Å². The molecular weight excluding hydrogens is 418 g/mol. The summed E-state index contributed by atoms with van der Waals surface area (Å²) in [4.78, 5) is 23.6. The molecule has 0 saturated carbocycles. The minimum Gasteiger partial charge on any atom is -0.484 e. The fraction of sp³-hybridized carbons (Fsp3) is 0.0870. The summed E-state index contributed by atoms with van der Waals surface area (Å²) >= 11 is 5.84. The number of benzene rings is 3. The molecule has 0 fully saturated rings. The highest BCUT2D eigenvalue weighted by molar-refractivity contribution is 6.30. The van der Waals surface area contributed by atoms with Gasteiger partial charge in [-0.15, -0.1) is 0 Å². The average molecular weight is 436 g/mol. The predicted molar refractivity (Wildman–Crippen MR) is 115 cm³/mol. The Balaban J connectivity index is 1.39. The lowest BCUT2D eigenvalue weighted by Crippen LogP contribution is -2.45. The molecule has 7 nitrogen and oxygen atoms in total. The first kappa shape index (κ1) is 21.7. The Hall–Kier alpha value is -4.02. The number of hydrogen-bond acceptors (Lipinski definition) is 5. The van der Waals surface area contributed by atoms with Crippen LogP contribution >= 0.6 is 11.6 Å². The van der Waals surface area contributed by atoms with Crippen LogP contribution in [0, 0.1) is 11.3 Å². The first-order valence-electron chi connectivity index (χ1n) is 9.23. The van der Waals surface area contributed by atoms with Crippen LogP contribution in [0.5, 0.6) is 11.5 Å². The third kappa shape index (κ3) is 6.77. The highest BCUT2D eigenvalue weighted by Crippen LogP contribution is 2.22. The van der Waals surface area contributed by atoms with Crippen molar-refractivity contribution in [3.63, 3.8) is 0 Å². The molecule has 0 bridgehead atoms. The van der Waals surface area contributed by atoms with Gasteiger partial charge >= 0.3 is 0 Å². The zero-order valence-electron chi connectivity index (χ0n) is 16.3. The van der Waals surface area contributed by atoms with E-state index in [4.69, 9.17) is 26.3 Å². The second-order valence-electron chi connectivity index (χ2n) is 6.34. The van der Waals surface area contributed by atoms with E-state index in [1.165, 1.54) is 0 Å². The molecule has 8 heteroatoms. The zero-order chi connectivity index (χ0) is 22.1. The third-order valence-corrected chi connectivity index (χ3v) is 4.31. The van der Waals surface area contributed by atoms with Crippen molar-refractivity contribution < 1.29 is 19.1 Å². The van der Waals surface area contributed by atoms with E-state index < -0.39 is 11.8 Å². The summed E-state index contributed by atoms with van der Waals surface area (Å²) in [5.74, 6) is -0.0997. The van der Waals surface area contributed by atoms with Crippen LogP contribution in [0.2, 0.25) is 5.02 Å². The van der Waals surface area contributed by atoms with Crippen LogP contribution in [0.25, 0.3) is 11.1 Å². The molecule has 0 aliphatic carbocycles. The van der Waals surface area contributed by atoms with Crippen molar-refractivity contribution in [2.45, 2.75) is 0 Å². The second kappa shape index (κ2) is 10.7. The zero-order valence-corrected chi connectivity index (χ0v) is 17.1. The number of hydrazine groups is 1. The number of ether oxygens (including phenoxy) is 2. The molecule has 3 aromatic carbocycles. The molecule has 0 radical (unpaired) electrons. The van der Waals surface area contributed by atoms with Crippen LogP contribution in [0.3, 0.4) is 0 Å². The lowest BCUT2D eigenvalue weighted by molar-refractivity contribution is -0.131. The maximum Gasteiger partial charge on any atom is 0.276 e. The SMILES string of the molecule is N#Cc1ccc(-c2ccc(OCC(=O)NNC(=O)COc3cccc(Cl)c3)cc2)cc1. The molecule has 2 amide bonds. The minimum absolute atomic E-state index is 0.272. The molecule has 31 heavy (non-hydrogen) atoms. The summed E-state index contributed by atoms with van der Waals surface area (Å²) in [5.41, 5.74) is 7.01. The van der Waals surface area contributed by atoms with E-state index in [-0.39, 0.29) is 13.2 Å². The van der Waals surface area contributed by atoms with Gasteiger partial charge in [0.15, 0.2) is 13.2 Å². The number of hydrogen-bond donors (Lipinski definition) is 2. The number of carbonyl (C=O) groups excluding carboxylic acids is 2. The van der Waals surface area contributed by atoms with Gasteiger partial charge in [-0.25, -0.2) is 0 Å². The van der Waals surface area contributed by atoms with Gasteiger partial charge < -0.3 is 9.47 Å². The van der Waals surface area contributed by atoms with Crippen molar-refractivity contribution in [1.82, 2.24) is 10.9 Å². The molecule has 3 aromatic rings. The number of nitrogens with one attached hydrogen (secondary N) is 2. The molecule has 0 spiro atoms. The predicted octanol–water partition coefficient (Wildman–Crippen LogP) is 3.48. The molecule has 0 aliphatic rings. The van der Waals surface area contributed by atoms with E-state index in [0.29, 0.717) is 22.1 Å². The van der Waals surface area contributed by atoms with Crippen molar-refractivity contribution in [2.75, 3.05) is 13.2 Å². The minimum atomic E-state index is -0.528. The van der Waals surface area contributed by atoms with Crippen LogP contribution in [-0.2, 0) is 9.59 Å². The first-order valence-corrected chi connectivity index (χ1v) is 9.61. The van der Waals surface area contributed by atoms with Gasteiger partial charge in [0.2, 0.25) is 0 Å². The van der Waals surface area contributed by atoms with Crippen molar-refractivity contribution >= 4 is 23.4 Å². The van der Waals surface area contributed by atoms with Crippen LogP contribution in [-0.4, -0.2) is 25.0 Å². The highest BCUT2D eigenvalue weighted by Gasteiger charge is 2.07. The van der Waals surface area contributed by atoms with E-state index in [1.54, 1.807) is 48.5 Å². The van der Waals surface area contributed by atoms with Gasteiger partial charge in [0.25, 0.3) is 11.8 Å². The van der Waals surface area contributed by atoms with Gasteiger partial charge in [0, 0.05) is 5.02 Å². The fourth-order valence-electron chi connectivity index (χ4n) is 2.55. The maximum atomic E-state index is 11.9. The monoisotopic (exact) mass is 435 g/mol.